The molecule has 0 radical (unpaired) electrons. The Bertz CT molecular complexity index is 361. The third-order valence-electron chi connectivity index (χ3n) is 3.56. The first-order valence-corrected chi connectivity index (χ1v) is 6.44. The topological polar surface area (TPSA) is 32.3 Å². The standard InChI is InChI=1S/C14H20FNO/c15-13-5-6-14(17)12(9-13)10-16-8-7-11-3-1-2-4-11/h5-6,9,11,16-17H,1-4,7-8,10H2. The Morgan fingerprint density at radius 3 is 2.82 bits per heavy atom. The van der Waals surface area contributed by atoms with Crippen molar-refractivity contribution in [2.45, 2.75) is 38.6 Å². The Balaban J connectivity index is 1.72. The first-order chi connectivity index (χ1) is 8.25. The van der Waals surface area contributed by atoms with Crippen LogP contribution >= 0.6 is 0 Å². The number of phenols is 1. The van der Waals surface area contributed by atoms with Crippen LogP contribution in [0.3, 0.4) is 0 Å². The van der Waals surface area contributed by atoms with Crippen LogP contribution in [0.15, 0.2) is 18.2 Å². The van der Waals surface area contributed by atoms with Crippen molar-refractivity contribution in [3.05, 3.63) is 29.6 Å². The molecule has 2 N–H and O–H groups in total. The van der Waals surface area contributed by atoms with E-state index in [4.69, 9.17) is 0 Å². The summed E-state index contributed by atoms with van der Waals surface area (Å²) in [5.41, 5.74) is 0.636. The van der Waals surface area contributed by atoms with Gasteiger partial charge in [0, 0.05) is 12.1 Å². The van der Waals surface area contributed by atoms with Crippen LogP contribution < -0.4 is 5.32 Å². The van der Waals surface area contributed by atoms with Crippen molar-refractivity contribution in [3.8, 4) is 5.75 Å². The molecular weight excluding hydrogens is 217 g/mol. The fourth-order valence-electron chi connectivity index (χ4n) is 2.52. The Hall–Kier alpha value is -1.09. The Kier molecular flexibility index (Phi) is 4.37. The van der Waals surface area contributed by atoms with Crippen molar-refractivity contribution in [2.24, 2.45) is 5.92 Å². The minimum Gasteiger partial charge on any atom is -0.508 e. The van der Waals surface area contributed by atoms with E-state index in [1.54, 1.807) is 0 Å². The van der Waals surface area contributed by atoms with E-state index in [2.05, 4.69) is 5.32 Å². The molecule has 0 saturated heterocycles. The maximum atomic E-state index is 13.0. The van der Waals surface area contributed by atoms with Gasteiger partial charge in [-0.15, -0.1) is 0 Å². The van der Waals surface area contributed by atoms with E-state index < -0.39 is 0 Å². The third kappa shape index (κ3) is 3.70. The molecule has 94 valence electrons. The second-order valence-electron chi connectivity index (χ2n) is 4.89. The van der Waals surface area contributed by atoms with Gasteiger partial charge >= 0.3 is 0 Å². The van der Waals surface area contributed by atoms with Gasteiger partial charge in [-0.1, -0.05) is 25.7 Å². The maximum Gasteiger partial charge on any atom is 0.123 e. The molecule has 1 aliphatic rings. The van der Waals surface area contributed by atoms with E-state index in [1.165, 1.54) is 50.3 Å². The average Bonchev–Trinajstić information content (AvgIpc) is 2.82. The number of phenolic OH excluding ortho intramolecular Hbond substituents is 1. The number of nitrogens with one attached hydrogen (secondary N) is 1. The van der Waals surface area contributed by atoms with Crippen molar-refractivity contribution in [1.82, 2.24) is 5.32 Å². The van der Waals surface area contributed by atoms with E-state index in [-0.39, 0.29) is 11.6 Å². The second-order valence-corrected chi connectivity index (χ2v) is 4.89. The molecule has 0 aromatic heterocycles. The molecule has 0 unspecified atom stereocenters. The van der Waals surface area contributed by atoms with Gasteiger partial charge in [-0.05, 0) is 37.1 Å². The SMILES string of the molecule is Oc1ccc(F)cc1CNCCC1CCCC1. The number of rotatable bonds is 5. The maximum absolute atomic E-state index is 13.0. The minimum absolute atomic E-state index is 0.166. The number of aromatic hydroxyl groups is 1. The van der Waals surface area contributed by atoms with E-state index >= 15 is 0 Å². The summed E-state index contributed by atoms with van der Waals surface area (Å²) in [5, 5.41) is 12.8. The lowest BCUT2D eigenvalue weighted by molar-refractivity contribution is 0.452. The molecule has 1 aromatic carbocycles. The number of hydrogen-bond donors (Lipinski definition) is 2. The first kappa shape index (κ1) is 12.4. The summed E-state index contributed by atoms with van der Waals surface area (Å²) in [7, 11) is 0. The summed E-state index contributed by atoms with van der Waals surface area (Å²) in [6, 6.07) is 4.07. The third-order valence-corrected chi connectivity index (χ3v) is 3.56. The van der Waals surface area contributed by atoms with Crippen molar-refractivity contribution in [1.29, 1.82) is 0 Å². The highest BCUT2D eigenvalue weighted by Gasteiger charge is 2.14. The van der Waals surface area contributed by atoms with Crippen LogP contribution in [0.4, 0.5) is 4.39 Å². The predicted octanol–water partition coefficient (Wildman–Crippen LogP) is 3.20. The van der Waals surface area contributed by atoms with Gasteiger partial charge in [-0.3, -0.25) is 0 Å². The van der Waals surface area contributed by atoms with Crippen LogP contribution in [-0.2, 0) is 6.54 Å². The van der Waals surface area contributed by atoms with Gasteiger partial charge in [0.05, 0.1) is 0 Å². The molecule has 0 atom stereocenters. The monoisotopic (exact) mass is 237 g/mol. The van der Waals surface area contributed by atoms with Crippen LogP contribution in [0.1, 0.15) is 37.7 Å². The van der Waals surface area contributed by atoms with Crippen molar-refractivity contribution < 1.29 is 9.50 Å². The van der Waals surface area contributed by atoms with Gasteiger partial charge in [-0.25, -0.2) is 4.39 Å². The summed E-state index contributed by atoms with van der Waals surface area (Å²) in [6.07, 6.45) is 6.64. The highest BCUT2D eigenvalue weighted by atomic mass is 19.1. The van der Waals surface area contributed by atoms with Gasteiger partial charge in [0.25, 0.3) is 0 Å². The Labute approximate surface area is 102 Å². The molecule has 1 aromatic rings. The lowest BCUT2D eigenvalue weighted by Gasteiger charge is -2.10. The summed E-state index contributed by atoms with van der Waals surface area (Å²) >= 11 is 0. The van der Waals surface area contributed by atoms with Crippen LogP contribution in [0.2, 0.25) is 0 Å². The zero-order valence-electron chi connectivity index (χ0n) is 10.1. The molecule has 0 amide bonds. The summed E-state index contributed by atoms with van der Waals surface area (Å²) in [5.74, 6) is 0.735. The van der Waals surface area contributed by atoms with E-state index in [0.717, 1.165) is 12.5 Å². The normalized spacial score (nSPS) is 16.5. The molecule has 0 bridgehead atoms. The highest BCUT2D eigenvalue weighted by molar-refractivity contribution is 5.32. The zero-order chi connectivity index (χ0) is 12.1. The van der Waals surface area contributed by atoms with Crippen LogP contribution in [0.25, 0.3) is 0 Å². The van der Waals surface area contributed by atoms with Crippen LogP contribution in [0, 0.1) is 11.7 Å². The number of benzene rings is 1. The van der Waals surface area contributed by atoms with Crippen LogP contribution in [-0.4, -0.2) is 11.7 Å². The largest absolute Gasteiger partial charge is 0.508 e. The molecular formula is C14H20FNO. The molecule has 1 fully saturated rings. The molecule has 2 nitrogen and oxygen atoms in total. The van der Waals surface area contributed by atoms with E-state index in [9.17, 15) is 9.50 Å². The summed E-state index contributed by atoms with van der Waals surface area (Å²) < 4.78 is 13.0. The number of hydrogen-bond acceptors (Lipinski definition) is 2. The average molecular weight is 237 g/mol. The minimum atomic E-state index is -0.296. The fourth-order valence-corrected chi connectivity index (χ4v) is 2.52. The van der Waals surface area contributed by atoms with E-state index in [1.807, 2.05) is 0 Å². The van der Waals surface area contributed by atoms with Gasteiger partial charge < -0.3 is 10.4 Å². The predicted molar refractivity (Wildman–Crippen MR) is 66.3 cm³/mol. The lowest BCUT2D eigenvalue weighted by Crippen LogP contribution is -2.17. The molecule has 1 aliphatic carbocycles. The smallest absolute Gasteiger partial charge is 0.123 e. The fraction of sp³-hybridized carbons (Fsp3) is 0.571. The molecule has 0 aliphatic heterocycles. The Morgan fingerprint density at radius 2 is 2.06 bits per heavy atom. The summed E-state index contributed by atoms with van der Waals surface area (Å²) in [6.45, 7) is 1.48. The zero-order valence-corrected chi connectivity index (χ0v) is 10.1. The molecule has 0 heterocycles. The lowest BCUT2D eigenvalue weighted by atomic mass is 10.0. The molecule has 2 rings (SSSR count). The van der Waals surface area contributed by atoms with Crippen molar-refractivity contribution >= 4 is 0 Å². The molecule has 1 saturated carbocycles. The highest BCUT2D eigenvalue weighted by Crippen LogP contribution is 2.27. The molecule has 0 spiro atoms. The number of halogens is 1. The first-order valence-electron chi connectivity index (χ1n) is 6.44. The van der Waals surface area contributed by atoms with Gasteiger partial charge in [0.1, 0.15) is 11.6 Å². The van der Waals surface area contributed by atoms with Gasteiger partial charge in [0.2, 0.25) is 0 Å². The Morgan fingerprint density at radius 1 is 1.29 bits per heavy atom. The second kappa shape index (κ2) is 6.01. The van der Waals surface area contributed by atoms with Crippen LogP contribution in [0.5, 0.6) is 5.75 Å². The van der Waals surface area contributed by atoms with Crippen molar-refractivity contribution in [2.75, 3.05) is 6.54 Å². The van der Waals surface area contributed by atoms with Gasteiger partial charge in [-0.2, -0.15) is 0 Å². The van der Waals surface area contributed by atoms with Gasteiger partial charge in [0.15, 0.2) is 0 Å². The van der Waals surface area contributed by atoms with E-state index in [0.29, 0.717) is 12.1 Å². The van der Waals surface area contributed by atoms with Crippen molar-refractivity contribution in [3.63, 3.8) is 0 Å². The quantitative estimate of drug-likeness (QED) is 0.771. The summed E-state index contributed by atoms with van der Waals surface area (Å²) in [4.78, 5) is 0. The molecule has 3 heteroatoms. The molecule has 17 heavy (non-hydrogen) atoms.